The van der Waals surface area contributed by atoms with E-state index in [2.05, 4.69) is 21.2 Å². The Morgan fingerprint density at radius 3 is 2.79 bits per heavy atom. The second kappa shape index (κ2) is 8.51. The van der Waals surface area contributed by atoms with Crippen LogP contribution in [0.5, 0.6) is 5.75 Å². The summed E-state index contributed by atoms with van der Waals surface area (Å²) >= 11 is 1.73. The number of aryl methyl sites for hydroxylation is 1. The lowest BCUT2D eigenvalue weighted by molar-refractivity contribution is 0.309. The predicted octanol–water partition coefficient (Wildman–Crippen LogP) is 4.64. The lowest BCUT2D eigenvalue weighted by Crippen LogP contribution is -2.13. The summed E-state index contributed by atoms with van der Waals surface area (Å²) in [4.78, 5) is 4.83. The number of ether oxygens (including phenoxy) is 1. The maximum Gasteiger partial charge on any atom is 0.261 e. The number of fused-ring (bicyclic) bond motifs is 1. The van der Waals surface area contributed by atoms with Gasteiger partial charge in [-0.1, -0.05) is 37.2 Å². The maximum absolute atomic E-state index is 12.8. The zero-order chi connectivity index (χ0) is 20.3. The molecule has 0 atom stereocenters. The Labute approximate surface area is 175 Å². The molecule has 29 heavy (non-hydrogen) atoms. The number of rotatable bonds is 8. The summed E-state index contributed by atoms with van der Waals surface area (Å²) in [5.74, 6) is 1.72. The van der Waals surface area contributed by atoms with Crippen LogP contribution < -0.4 is 9.46 Å². The maximum atomic E-state index is 12.8. The minimum Gasteiger partial charge on any atom is -0.494 e. The fraction of sp³-hybridized carbons (Fsp3) is 0.286. The molecule has 0 unspecified atom stereocenters. The standard InChI is InChI=1S/C21H23N3O3S2/c1-2-3-12-27-18-7-9-19(10-8-18)29(25,26)23-17-6-4-5-16(14-17)20-15-24-11-13-28-21(24)22-20/h4-10,14-15,23H,2-3,11-13H2,1H3. The van der Waals surface area contributed by atoms with E-state index >= 15 is 0 Å². The number of sulfonamides is 1. The van der Waals surface area contributed by atoms with Gasteiger partial charge in [-0.3, -0.25) is 4.72 Å². The SMILES string of the molecule is CCCCOc1ccc(S(=O)(=O)Nc2cccc(-c3cn4c(n3)SCC4)c2)cc1. The molecule has 152 valence electrons. The fourth-order valence-corrected chi connectivity index (χ4v) is 5.05. The first-order chi connectivity index (χ1) is 14.0. The molecule has 2 aromatic carbocycles. The van der Waals surface area contributed by atoms with E-state index in [1.807, 2.05) is 24.4 Å². The van der Waals surface area contributed by atoms with E-state index in [0.717, 1.165) is 41.6 Å². The van der Waals surface area contributed by atoms with Crippen LogP contribution in [-0.2, 0) is 16.6 Å². The van der Waals surface area contributed by atoms with Crippen LogP contribution in [0.15, 0.2) is 64.8 Å². The summed E-state index contributed by atoms with van der Waals surface area (Å²) in [6, 6.07) is 13.8. The zero-order valence-corrected chi connectivity index (χ0v) is 17.8. The number of anilines is 1. The molecular formula is C21H23N3O3S2. The predicted molar refractivity (Wildman–Crippen MR) is 116 cm³/mol. The number of hydrogen-bond donors (Lipinski definition) is 1. The van der Waals surface area contributed by atoms with E-state index in [1.54, 1.807) is 42.1 Å². The third kappa shape index (κ3) is 4.59. The largest absolute Gasteiger partial charge is 0.494 e. The summed E-state index contributed by atoms with van der Waals surface area (Å²) in [5.41, 5.74) is 2.24. The molecule has 1 aliphatic rings. The summed E-state index contributed by atoms with van der Waals surface area (Å²) in [5, 5.41) is 1.01. The van der Waals surface area contributed by atoms with E-state index in [9.17, 15) is 8.42 Å². The Morgan fingerprint density at radius 1 is 1.21 bits per heavy atom. The van der Waals surface area contributed by atoms with Crippen LogP contribution in [0.25, 0.3) is 11.3 Å². The van der Waals surface area contributed by atoms with Crippen LogP contribution in [0.2, 0.25) is 0 Å². The number of benzene rings is 2. The van der Waals surface area contributed by atoms with Gasteiger partial charge in [-0.25, -0.2) is 13.4 Å². The lowest BCUT2D eigenvalue weighted by Gasteiger charge is -2.10. The fourth-order valence-electron chi connectivity index (χ4n) is 3.05. The van der Waals surface area contributed by atoms with Crippen molar-refractivity contribution in [1.82, 2.24) is 9.55 Å². The highest BCUT2D eigenvalue weighted by molar-refractivity contribution is 7.99. The summed E-state index contributed by atoms with van der Waals surface area (Å²) in [6.45, 7) is 3.68. The monoisotopic (exact) mass is 429 g/mol. The number of nitrogens with one attached hydrogen (secondary N) is 1. The van der Waals surface area contributed by atoms with Gasteiger partial charge in [0.1, 0.15) is 5.75 Å². The van der Waals surface area contributed by atoms with Crippen molar-refractivity contribution in [2.75, 3.05) is 17.1 Å². The molecule has 0 saturated heterocycles. The average Bonchev–Trinajstić information content (AvgIpc) is 3.31. The Hall–Kier alpha value is -2.45. The summed E-state index contributed by atoms with van der Waals surface area (Å²) < 4.78 is 35.9. The molecule has 1 aliphatic heterocycles. The van der Waals surface area contributed by atoms with Gasteiger partial charge in [-0.05, 0) is 42.8 Å². The van der Waals surface area contributed by atoms with Gasteiger partial charge in [0.15, 0.2) is 5.16 Å². The minimum absolute atomic E-state index is 0.197. The Morgan fingerprint density at radius 2 is 2.03 bits per heavy atom. The van der Waals surface area contributed by atoms with Crippen LogP contribution in [0.4, 0.5) is 5.69 Å². The van der Waals surface area contributed by atoms with E-state index in [-0.39, 0.29) is 4.90 Å². The van der Waals surface area contributed by atoms with Crippen molar-refractivity contribution in [3.63, 3.8) is 0 Å². The quantitative estimate of drug-likeness (QED) is 0.528. The molecule has 0 fully saturated rings. The first-order valence-corrected chi connectivity index (χ1v) is 12.1. The molecule has 2 heterocycles. The van der Waals surface area contributed by atoms with Crippen molar-refractivity contribution in [1.29, 1.82) is 0 Å². The van der Waals surface area contributed by atoms with Crippen LogP contribution in [0.1, 0.15) is 19.8 Å². The van der Waals surface area contributed by atoms with Gasteiger partial charge >= 0.3 is 0 Å². The molecule has 0 bridgehead atoms. The van der Waals surface area contributed by atoms with E-state index in [0.29, 0.717) is 18.0 Å². The van der Waals surface area contributed by atoms with Gasteiger partial charge in [0.25, 0.3) is 10.0 Å². The summed E-state index contributed by atoms with van der Waals surface area (Å²) in [7, 11) is -3.69. The highest BCUT2D eigenvalue weighted by Gasteiger charge is 2.17. The number of aromatic nitrogens is 2. The first-order valence-electron chi connectivity index (χ1n) is 9.61. The number of nitrogens with zero attached hydrogens (tertiary/aromatic N) is 2. The van der Waals surface area contributed by atoms with Crippen LogP contribution in [-0.4, -0.2) is 30.3 Å². The highest BCUT2D eigenvalue weighted by Crippen LogP contribution is 2.30. The van der Waals surface area contributed by atoms with Gasteiger partial charge in [0, 0.05) is 29.7 Å². The van der Waals surface area contributed by atoms with E-state index < -0.39 is 10.0 Å². The topological polar surface area (TPSA) is 73.2 Å². The van der Waals surface area contributed by atoms with E-state index in [1.165, 1.54) is 0 Å². The number of thioether (sulfide) groups is 1. The van der Waals surface area contributed by atoms with Gasteiger partial charge in [-0.2, -0.15) is 0 Å². The molecule has 0 radical (unpaired) electrons. The Kier molecular flexibility index (Phi) is 5.82. The number of unbranched alkanes of at least 4 members (excludes halogenated alkanes) is 1. The van der Waals surface area contributed by atoms with Gasteiger partial charge < -0.3 is 9.30 Å². The number of hydrogen-bond acceptors (Lipinski definition) is 5. The third-order valence-corrected chi connectivity index (χ3v) is 6.98. The smallest absolute Gasteiger partial charge is 0.261 e. The van der Waals surface area contributed by atoms with Crippen LogP contribution in [0.3, 0.4) is 0 Å². The second-order valence-electron chi connectivity index (χ2n) is 6.81. The average molecular weight is 430 g/mol. The third-order valence-electron chi connectivity index (χ3n) is 4.61. The lowest BCUT2D eigenvalue weighted by atomic mass is 10.1. The Bertz CT molecular complexity index is 1070. The van der Waals surface area contributed by atoms with Crippen molar-refractivity contribution < 1.29 is 13.2 Å². The number of imidazole rings is 1. The molecule has 4 rings (SSSR count). The molecule has 1 N–H and O–H groups in total. The second-order valence-corrected chi connectivity index (χ2v) is 9.55. The molecule has 3 aromatic rings. The van der Waals surface area contributed by atoms with Crippen LogP contribution in [0, 0.1) is 0 Å². The van der Waals surface area contributed by atoms with Gasteiger partial charge in [0.05, 0.1) is 17.2 Å². The van der Waals surface area contributed by atoms with Crippen molar-refractivity contribution >= 4 is 27.5 Å². The first kappa shape index (κ1) is 19.8. The molecule has 1 aromatic heterocycles. The van der Waals surface area contributed by atoms with Crippen molar-refractivity contribution in [3.05, 3.63) is 54.7 Å². The zero-order valence-electron chi connectivity index (χ0n) is 16.2. The molecule has 0 spiro atoms. The normalized spacial score (nSPS) is 13.3. The molecule has 8 heteroatoms. The molecular weight excluding hydrogens is 406 g/mol. The Balaban J connectivity index is 1.49. The molecule has 0 saturated carbocycles. The summed E-state index contributed by atoms with van der Waals surface area (Å²) in [6.07, 6.45) is 4.03. The van der Waals surface area contributed by atoms with Crippen molar-refractivity contribution in [2.45, 2.75) is 36.4 Å². The van der Waals surface area contributed by atoms with Gasteiger partial charge in [-0.15, -0.1) is 0 Å². The van der Waals surface area contributed by atoms with Crippen LogP contribution >= 0.6 is 11.8 Å². The highest BCUT2D eigenvalue weighted by atomic mass is 32.2. The molecule has 0 amide bonds. The minimum atomic E-state index is -3.69. The van der Waals surface area contributed by atoms with Crippen molar-refractivity contribution in [3.8, 4) is 17.0 Å². The van der Waals surface area contributed by atoms with E-state index in [4.69, 9.17) is 4.74 Å². The van der Waals surface area contributed by atoms with Gasteiger partial charge in [0.2, 0.25) is 0 Å². The molecule has 6 nitrogen and oxygen atoms in total. The van der Waals surface area contributed by atoms with Crippen molar-refractivity contribution in [2.24, 2.45) is 0 Å². The molecule has 0 aliphatic carbocycles.